The van der Waals surface area contributed by atoms with Gasteiger partial charge in [0.05, 0.1) is 12.6 Å². The van der Waals surface area contributed by atoms with Gasteiger partial charge >= 0.3 is 6.61 Å². The van der Waals surface area contributed by atoms with Crippen LogP contribution < -0.4 is 15.4 Å². The van der Waals surface area contributed by atoms with E-state index < -0.39 is 12.7 Å². The Hall–Kier alpha value is -2.02. The van der Waals surface area contributed by atoms with Crippen LogP contribution in [0.25, 0.3) is 0 Å². The lowest BCUT2D eigenvalue weighted by atomic mass is 10.1. The van der Waals surface area contributed by atoms with Crippen LogP contribution >= 0.6 is 24.0 Å². The van der Waals surface area contributed by atoms with Crippen molar-refractivity contribution in [2.75, 3.05) is 19.6 Å². The molecule has 2 heterocycles. The van der Waals surface area contributed by atoms with Gasteiger partial charge in [-0.1, -0.05) is 18.6 Å². The Kier molecular flexibility index (Phi) is 11.1. The summed E-state index contributed by atoms with van der Waals surface area (Å²) >= 11 is 0. The molecule has 0 saturated heterocycles. The first-order chi connectivity index (χ1) is 15.1. The quantitative estimate of drug-likeness (QED) is 0.246. The summed E-state index contributed by atoms with van der Waals surface area (Å²) in [6.07, 6.45) is 4.40. The number of aliphatic hydroxyl groups is 1. The Balaban J connectivity index is 0.00000363. The molecule has 0 fully saturated rings. The first-order valence-corrected chi connectivity index (χ1v) is 10.7. The van der Waals surface area contributed by atoms with Gasteiger partial charge in [-0.25, -0.2) is 0 Å². The van der Waals surface area contributed by atoms with Crippen LogP contribution in [0.2, 0.25) is 0 Å². The predicted molar refractivity (Wildman–Crippen MR) is 129 cm³/mol. The van der Waals surface area contributed by atoms with E-state index in [-0.39, 0.29) is 36.3 Å². The Morgan fingerprint density at radius 3 is 2.69 bits per heavy atom. The Labute approximate surface area is 203 Å². The lowest BCUT2D eigenvalue weighted by Crippen LogP contribution is -2.38. The lowest BCUT2D eigenvalue weighted by Gasteiger charge is -2.14. The van der Waals surface area contributed by atoms with E-state index in [1.807, 2.05) is 6.92 Å². The second-order valence-corrected chi connectivity index (χ2v) is 7.35. The minimum absolute atomic E-state index is 0. The van der Waals surface area contributed by atoms with Gasteiger partial charge in [-0.15, -0.1) is 34.2 Å². The topological polar surface area (TPSA) is 96.6 Å². The first-order valence-electron chi connectivity index (χ1n) is 10.7. The summed E-state index contributed by atoms with van der Waals surface area (Å²) in [6, 6.07) is 5.91. The molecule has 3 rings (SSSR count). The number of ether oxygens (including phenoxy) is 1. The summed E-state index contributed by atoms with van der Waals surface area (Å²) in [7, 11) is 0. The third-order valence-corrected chi connectivity index (χ3v) is 5.08. The predicted octanol–water partition coefficient (Wildman–Crippen LogP) is 3.06. The molecule has 1 unspecified atom stereocenters. The molecule has 11 heteroatoms. The number of rotatable bonds is 9. The number of halogens is 3. The van der Waals surface area contributed by atoms with Crippen molar-refractivity contribution < 1.29 is 18.6 Å². The van der Waals surface area contributed by atoms with Crippen LogP contribution in [0.15, 0.2) is 29.3 Å². The highest BCUT2D eigenvalue weighted by Gasteiger charge is 2.14. The molecule has 0 radical (unpaired) electrons. The van der Waals surface area contributed by atoms with Gasteiger partial charge in [0.1, 0.15) is 17.4 Å². The van der Waals surface area contributed by atoms with Crippen LogP contribution in [-0.4, -0.2) is 52.1 Å². The van der Waals surface area contributed by atoms with Gasteiger partial charge in [0, 0.05) is 32.5 Å². The summed E-state index contributed by atoms with van der Waals surface area (Å²) in [5.74, 6) is 2.69. The molecule has 0 bridgehead atoms. The van der Waals surface area contributed by atoms with E-state index in [9.17, 15) is 13.9 Å². The van der Waals surface area contributed by atoms with E-state index >= 15 is 0 Å². The lowest BCUT2D eigenvalue weighted by molar-refractivity contribution is -0.0498. The molecule has 0 spiro atoms. The largest absolute Gasteiger partial charge is 0.435 e. The Bertz CT molecular complexity index is 847. The summed E-state index contributed by atoms with van der Waals surface area (Å²) in [5.41, 5.74) is 0.576. The van der Waals surface area contributed by atoms with E-state index in [0.717, 1.165) is 43.9 Å². The third kappa shape index (κ3) is 7.84. The molecule has 1 atom stereocenters. The van der Waals surface area contributed by atoms with Gasteiger partial charge in [-0.3, -0.25) is 4.99 Å². The molecule has 3 N–H and O–H groups in total. The van der Waals surface area contributed by atoms with E-state index in [0.29, 0.717) is 24.6 Å². The second-order valence-electron chi connectivity index (χ2n) is 7.35. The van der Waals surface area contributed by atoms with Crippen LogP contribution in [-0.2, 0) is 19.4 Å². The maximum Gasteiger partial charge on any atom is 0.387 e. The Morgan fingerprint density at radius 2 is 1.97 bits per heavy atom. The molecule has 32 heavy (non-hydrogen) atoms. The summed E-state index contributed by atoms with van der Waals surface area (Å²) in [5, 5.41) is 25.4. The SMILES string of the molecule is CCNC(=NCC(O)c1ccc(OC(F)F)cc1)NCCc1nnc2n1CCCCC2.I. The van der Waals surface area contributed by atoms with Crippen LogP contribution in [0.1, 0.15) is 49.5 Å². The molecular formula is C21H31F2IN6O2. The molecule has 0 amide bonds. The van der Waals surface area contributed by atoms with Crippen LogP contribution in [0.3, 0.4) is 0 Å². The van der Waals surface area contributed by atoms with Crippen molar-refractivity contribution in [1.82, 2.24) is 25.4 Å². The third-order valence-electron chi connectivity index (χ3n) is 5.08. The van der Waals surface area contributed by atoms with E-state index in [1.54, 1.807) is 12.1 Å². The molecule has 1 aromatic heterocycles. The summed E-state index contributed by atoms with van der Waals surface area (Å²) in [6.45, 7) is 1.51. The molecule has 2 aromatic rings. The molecule has 1 aliphatic rings. The van der Waals surface area contributed by atoms with Crippen LogP contribution in [0, 0.1) is 0 Å². The second kappa shape index (κ2) is 13.5. The van der Waals surface area contributed by atoms with Crippen molar-refractivity contribution in [2.45, 2.75) is 58.3 Å². The molecule has 178 valence electrons. The number of aromatic nitrogens is 3. The van der Waals surface area contributed by atoms with Gasteiger partial charge in [-0.05, 0) is 37.5 Å². The summed E-state index contributed by atoms with van der Waals surface area (Å²) < 4.78 is 31.0. The van der Waals surface area contributed by atoms with E-state index in [2.05, 4.69) is 35.1 Å². The number of hydrogen-bond acceptors (Lipinski definition) is 5. The number of alkyl halides is 2. The molecule has 0 saturated carbocycles. The number of benzene rings is 1. The standard InChI is InChI=1S/C21H30F2N6O2.HI/c1-2-24-21(25-12-11-19-28-27-18-6-4-3-5-13-29(18)19)26-14-17(30)15-7-9-16(10-8-15)31-20(22)23;/h7-10,17,20,30H,2-6,11-14H2,1H3,(H2,24,25,26);1H. The number of guanidine groups is 1. The van der Waals surface area contributed by atoms with Crippen LogP contribution in [0.4, 0.5) is 8.78 Å². The van der Waals surface area contributed by atoms with Gasteiger partial charge in [-0.2, -0.15) is 8.78 Å². The number of aliphatic imine (C=N–C) groups is 1. The van der Waals surface area contributed by atoms with Crippen molar-refractivity contribution in [1.29, 1.82) is 0 Å². The monoisotopic (exact) mass is 564 g/mol. The van der Waals surface area contributed by atoms with E-state index in [1.165, 1.54) is 18.6 Å². The fourth-order valence-corrected chi connectivity index (χ4v) is 3.52. The maximum atomic E-state index is 12.2. The number of nitrogens with zero attached hydrogens (tertiary/aromatic N) is 4. The zero-order valence-electron chi connectivity index (χ0n) is 18.1. The smallest absolute Gasteiger partial charge is 0.387 e. The molecule has 0 aliphatic carbocycles. The van der Waals surface area contributed by atoms with Crippen molar-refractivity contribution in [2.24, 2.45) is 4.99 Å². The normalized spacial score (nSPS) is 14.8. The number of aliphatic hydroxyl groups excluding tert-OH is 1. The number of nitrogens with one attached hydrogen (secondary N) is 2. The van der Waals surface area contributed by atoms with Crippen molar-refractivity contribution in [3.63, 3.8) is 0 Å². The highest BCUT2D eigenvalue weighted by molar-refractivity contribution is 14.0. The van der Waals surface area contributed by atoms with Crippen LogP contribution in [0.5, 0.6) is 5.75 Å². The van der Waals surface area contributed by atoms with Crippen molar-refractivity contribution >= 4 is 29.9 Å². The zero-order valence-corrected chi connectivity index (χ0v) is 20.5. The van der Waals surface area contributed by atoms with E-state index in [4.69, 9.17) is 0 Å². The number of fused-ring (bicyclic) bond motifs is 1. The molecular weight excluding hydrogens is 533 g/mol. The minimum atomic E-state index is -2.87. The molecule has 1 aromatic carbocycles. The van der Waals surface area contributed by atoms with Gasteiger partial charge in [0.2, 0.25) is 0 Å². The highest BCUT2D eigenvalue weighted by atomic mass is 127. The minimum Gasteiger partial charge on any atom is -0.435 e. The molecule has 8 nitrogen and oxygen atoms in total. The first kappa shape index (κ1) is 26.2. The fraction of sp³-hybridized carbons (Fsp3) is 0.571. The average Bonchev–Trinajstić information content (AvgIpc) is 2.98. The van der Waals surface area contributed by atoms with Gasteiger partial charge in [0.25, 0.3) is 0 Å². The molecule has 1 aliphatic heterocycles. The van der Waals surface area contributed by atoms with Gasteiger partial charge in [0.15, 0.2) is 5.96 Å². The maximum absolute atomic E-state index is 12.2. The number of aryl methyl sites for hydroxylation is 1. The average molecular weight is 564 g/mol. The number of hydrogen-bond donors (Lipinski definition) is 3. The summed E-state index contributed by atoms with van der Waals surface area (Å²) in [4.78, 5) is 4.43. The Morgan fingerprint density at radius 1 is 1.19 bits per heavy atom. The van der Waals surface area contributed by atoms with Crippen molar-refractivity contribution in [3.05, 3.63) is 41.5 Å². The van der Waals surface area contributed by atoms with Crippen molar-refractivity contribution in [3.8, 4) is 5.75 Å². The fourth-order valence-electron chi connectivity index (χ4n) is 3.52. The van der Waals surface area contributed by atoms with Gasteiger partial charge < -0.3 is 25.0 Å². The highest BCUT2D eigenvalue weighted by Crippen LogP contribution is 2.19. The zero-order chi connectivity index (χ0) is 22.1.